The summed E-state index contributed by atoms with van der Waals surface area (Å²) in [6.45, 7) is 3.26. The molecule has 0 amide bonds. The van der Waals surface area contributed by atoms with Crippen molar-refractivity contribution in [2.24, 2.45) is 0 Å². The van der Waals surface area contributed by atoms with Crippen LogP contribution in [0, 0.1) is 0 Å². The first-order chi connectivity index (χ1) is 14.5. The van der Waals surface area contributed by atoms with Gasteiger partial charge in [-0.3, -0.25) is 0 Å². The van der Waals surface area contributed by atoms with Crippen LogP contribution in [0.5, 0.6) is 5.75 Å². The van der Waals surface area contributed by atoms with Crippen molar-refractivity contribution in [3.05, 3.63) is 78.8 Å². The highest BCUT2D eigenvalue weighted by Gasteiger charge is 2.39. The Morgan fingerprint density at radius 3 is 2.47 bits per heavy atom. The first-order valence-corrected chi connectivity index (χ1v) is 10.3. The lowest BCUT2D eigenvalue weighted by molar-refractivity contribution is -0.148. The van der Waals surface area contributed by atoms with Gasteiger partial charge in [-0.25, -0.2) is 9.78 Å². The van der Waals surface area contributed by atoms with Crippen LogP contribution in [0.2, 0.25) is 0 Å². The number of rotatable bonds is 11. The number of carboxylic acid groups (broad SMARTS) is 1. The van der Waals surface area contributed by atoms with E-state index in [4.69, 9.17) is 4.74 Å². The number of aliphatic carboxylic acids is 1. The molecule has 158 valence electrons. The zero-order valence-corrected chi connectivity index (χ0v) is 17.6. The maximum absolute atomic E-state index is 12.2. The van der Waals surface area contributed by atoms with Gasteiger partial charge in [-0.05, 0) is 48.4 Å². The molecule has 3 rings (SSSR count). The van der Waals surface area contributed by atoms with Crippen molar-refractivity contribution in [2.45, 2.75) is 31.7 Å². The fraction of sp³-hybridized carbons (Fsp3) is 0.333. The van der Waals surface area contributed by atoms with Crippen molar-refractivity contribution in [1.82, 2.24) is 9.55 Å². The Morgan fingerprint density at radius 1 is 1.13 bits per heavy atom. The molecule has 0 unspecified atom stereocenters. The smallest absolute Gasteiger partial charge is 0.330 e. The van der Waals surface area contributed by atoms with Gasteiger partial charge in [-0.1, -0.05) is 31.5 Å². The summed E-state index contributed by atoms with van der Waals surface area (Å²) in [5, 5.41) is 10.0. The lowest BCUT2D eigenvalue weighted by Crippen LogP contribution is -2.43. The average Bonchev–Trinajstić information content (AvgIpc) is 3.30. The number of pyridine rings is 1. The van der Waals surface area contributed by atoms with E-state index in [0.29, 0.717) is 26.0 Å². The summed E-state index contributed by atoms with van der Waals surface area (Å²) in [4.78, 5) is 18.6. The lowest BCUT2D eigenvalue weighted by Gasteiger charge is -2.31. The van der Waals surface area contributed by atoms with Crippen molar-refractivity contribution >= 4 is 11.8 Å². The molecule has 1 N–H and O–H groups in total. The Balaban J connectivity index is 1.62. The summed E-state index contributed by atoms with van der Waals surface area (Å²) < 4.78 is 7.68. The van der Waals surface area contributed by atoms with Gasteiger partial charge in [-0.2, -0.15) is 0 Å². The largest absolute Gasteiger partial charge is 0.492 e. The number of benzene rings is 1. The van der Waals surface area contributed by atoms with E-state index in [0.717, 1.165) is 23.6 Å². The molecule has 0 saturated carbocycles. The van der Waals surface area contributed by atoms with Gasteiger partial charge in [0.15, 0.2) is 0 Å². The van der Waals surface area contributed by atoms with Crippen LogP contribution < -0.4 is 9.64 Å². The van der Waals surface area contributed by atoms with Crippen LogP contribution in [-0.4, -0.2) is 40.8 Å². The van der Waals surface area contributed by atoms with E-state index in [2.05, 4.69) is 4.98 Å². The molecule has 0 radical (unpaired) electrons. The normalized spacial score (nSPS) is 12.9. The molecule has 0 aliphatic heterocycles. The quantitative estimate of drug-likeness (QED) is 0.515. The standard InChI is InChI=1S/C24H29N3O3/c1-3-13-24(23(28)29,27-15-6-7-16-27)19-20-9-11-21(12-10-20)30-18-17-26(2)22-8-4-5-14-25-22/h4-12,14-16H,3,13,17-19H2,1-2H3,(H,28,29)/t24-/m1/s1. The SMILES string of the molecule is CCC[C@@](Cc1ccc(OCCN(C)c2ccccn2)cc1)(C(=O)O)n1cccc1. The van der Waals surface area contributed by atoms with Crippen LogP contribution in [0.4, 0.5) is 5.82 Å². The van der Waals surface area contributed by atoms with Gasteiger partial charge < -0.3 is 19.3 Å². The number of anilines is 1. The third-order valence-corrected chi connectivity index (χ3v) is 5.32. The topological polar surface area (TPSA) is 67.6 Å². The average molecular weight is 408 g/mol. The molecule has 0 aliphatic carbocycles. The van der Waals surface area contributed by atoms with Crippen LogP contribution in [0.1, 0.15) is 25.3 Å². The first-order valence-electron chi connectivity index (χ1n) is 10.3. The van der Waals surface area contributed by atoms with E-state index in [1.165, 1.54) is 0 Å². The minimum atomic E-state index is -0.980. The van der Waals surface area contributed by atoms with Crippen LogP contribution in [0.25, 0.3) is 0 Å². The molecule has 0 fully saturated rings. The Morgan fingerprint density at radius 2 is 1.87 bits per heavy atom. The zero-order chi connectivity index (χ0) is 21.4. The minimum Gasteiger partial charge on any atom is -0.492 e. The molecule has 6 nitrogen and oxygen atoms in total. The molecule has 6 heteroatoms. The van der Waals surface area contributed by atoms with E-state index in [9.17, 15) is 9.90 Å². The highest BCUT2D eigenvalue weighted by atomic mass is 16.5. The van der Waals surface area contributed by atoms with Crippen molar-refractivity contribution in [2.75, 3.05) is 25.1 Å². The maximum atomic E-state index is 12.2. The van der Waals surface area contributed by atoms with E-state index in [1.54, 1.807) is 6.20 Å². The summed E-state index contributed by atoms with van der Waals surface area (Å²) in [6.07, 6.45) is 7.21. The summed E-state index contributed by atoms with van der Waals surface area (Å²) in [5.74, 6) is 0.867. The number of nitrogens with zero attached hydrogens (tertiary/aromatic N) is 3. The zero-order valence-electron chi connectivity index (χ0n) is 17.6. The van der Waals surface area contributed by atoms with Crippen molar-refractivity contribution in [1.29, 1.82) is 0 Å². The van der Waals surface area contributed by atoms with Crippen LogP contribution >= 0.6 is 0 Å². The van der Waals surface area contributed by atoms with Gasteiger partial charge in [0.05, 0.1) is 6.54 Å². The third kappa shape index (κ3) is 5.00. The minimum absolute atomic E-state index is 0.424. The second-order valence-corrected chi connectivity index (χ2v) is 7.46. The number of aromatic nitrogens is 2. The van der Waals surface area contributed by atoms with Gasteiger partial charge in [0.1, 0.15) is 23.7 Å². The summed E-state index contributed by atoms with van der Waals surface area (Å²) in [7, 11) is 1.98. The number of hydrogen-bond donors (Lipinski definition) is 1. The predicted octanol–water partition coefficient (Wildman–Crippen LogP) is 4.22. The maximum Gasteiger partial charge on any atom is 0.330 e. The fourth-order valence-electron chi connectivity index (χ4n) is 3.67. The summed E-state index contributed by atoms with van der Waals surface area (Å²) in [6, 6.07) is 17.3. The molecule has 2 heterocycles. The van der Waals surface area contributed by atoms with Gasteiger partial charge >= 0.3 is 5.97 Å². The van der Waals surface area contributed by atoms with Gasteiger partial charge in [0.2, 0.25) is 0 Å². The number of likely N-dealkylation sites (N-methyl/N-ethyl adjacent to an activating group) is 1. The molecule has 0 spiro atoms. The Hall–Kier alpha value is -3.28. The van der Waals surface area contributed by atoms with Gasteiger partial charge in [0, 0.05) is 32.1 Å². The summed E-state index contributed by atoms with van der Waals surface area (Å²) in [5.41, 5.74) is -0.0102. The first kappa shape index (κ1) is 21.4. The molecule has 0 aliphatic rings. The van der Waals surface area contributed by atoms with Crippen molar-refractivity contribution in [3.63, 3.8) is 0 Å². The molecule has 0 saturated heterocycles. The van der Waals surface area contributed by atoms with Crippen molar-refractivity contribution < 1.29 is 14.6 Å². The van der Waals surface area contributed by atoms with Crippen molar-refractivity contribution in [3.8, 4) is 5.75 Å². The fourth-order valence-corrected chi connectivity index (χ4v) is 3.67. The number of carboxylic acids is 1. The van der Waals surface area contributed by atoms with E-state index >= 15 is 0 Å². The molecule has 1 atom stereocenters. The predicted molar refractivity (Wildman–Crippen MR) is 118 cm³/mol. The van der Waals surface area contributed by atoms with Crippen LogP contribution in [0.3, 0.4) is 0 Å². The highest BCUT2D eigenvalue weighted by molar-refractivity contribution is 5.77. The molecular weight excluding hydrogens is 378 g/mol. The molecule has 2 aromatic heterocycles. The van der Waals surface area contributed by atoms with Crippen LogP contribution in [-0.2, 0) is 16.8 Å². The second-order valence-electron chi connectivity index (χ2n) is 7.46. The number of ether oxygens (including phenoxy) is 1. The van der Waals surface area contributed by atoms with E-state index in [1.807, 2.05) is 90.4 Å². The van der Waals surface area contributed by atoms with Crippen LogP contribution in [0.15, 0.2) is 73.2 Å². The van der Waals surface area contributed by atoms with Gasteiger partial charge in [-0.15, -0.1) is 0 Å². The molecular formula is C24H29N3O3. The Labute approximate surface area is 177 Å². The molecule has 30 heavy (non-hydrogen) atoms. The van der Waals surface area contributed by atoms with E-state index in [-0.39, 0.29) is 0 Å². The molecule has 0 bridgehead atoms. The second kappa shape index (κ2) is 9.96. The van der Waals surface area contributed by atoms with E-state index < -0.39 is 11.5 Å². The summed E-state index contributed by atoms with van der Waals surface area (Å²) >= 11 is 0. The number of carbonyl (C=O) groups is 1. The third-order valence-electron chi connectivity index (χ3n) is 5.32. The molecule has 3 aromatic rings. The Bertz CT molecular complexity index is 911. The molecule has 1 aromatic carbocycles. The highest BCUT2D eigenvalue weighted by Crippen LogP contribution is 2.29. The monoisotopic (exact) mass is 407 g/mol. The number of hydrogen-bond acceptors (Lipinski definition) is 4. The lowest BCUT2D eigenvalue weighted by atomic mass is 9.86. The van der Waals surface area contributed by atoms with Gasteiger partial charge in [0.25, 0.3) is 0 Å². The Kier molecular flexibility index (Phi) is 7.12.